The van der Waals surface area contributed by atoms with Gasteiger partial charge in [0.15, 0.2) is 0 Å². The molecule has 1 fully saturated rings. The Morgan fingerprint density at radius 3 is 3.12 bits per heavy atom. The largest absolute Gasteiger partial charge is 0.394 e. The lowest BCUT2D eigenvalue weighted by molar-refractivity contribution is -0.0106. The van der Waals surface area contributed by atoms with Gasteiger partial charge in [-0.05, 0) is 22.9 Å². The Morgan fingerprint density at radius 2 is 2.41 bits per heavy atom. The molecule has 1 saturated heterocycles. The Labute approximate surface area is 108 Å². The van der Waals surface area contributed by atoms with Crippen LogP contribution in [0, 0.1) is 0 Å². The first kappa shape index (κ1) is 12.5. The number of rotatable bonds is 2. The molecule has 0 amide bonds. The van der Waals surface area contributed by atoms with Crippen molar-refractivity contribution in [2.24, 2.45) is 0 Å². The maximum absolute atomic E-state index is 9.15. The van der Waals surface area contributed by atoms with Gasteiger partial charge in [0.2, 0.25) is 0 Å². The molecule has 0 radical (unpaired) electrons. The molecule has 1 aromatic rings. The minimum atomic E-state index is -0.186. The van der Waals surface area contributed by atoms with E-state index in [0.717, 1.165) is 5.82 Å². The van der Waals surface area contributed by atoms with E-state index in [0.29, 0.717) is 23.4 Å². The van der Waals surface area contributed by atoms with Crippen LogP contribution >= 0.6 is 15.9 Å². The molecule has 1 aliphatic rings. The van der Waals surface area contributed by atoms with E-state index in [9.17, 15) is 0 Å². The van der Waals surface area contributed by atoms with Crippen molar-refractivity contribution in [3.05, 3.63) is 10.8 Å². The summed E-state index contributed by atoms with van der Waals surface area (Å²) in [7, 11) is 0. The second-order valence-electron chi connectivity index (χ2n) is 4.04. The van der Waals surface area contributed by atoms with Crippen molar-refractivity contribution in [3.8, 4) is 0 Å². The Morgan fingerprint density at radius 1 is 1.65 bits per heavy atom. The number of hydrogen-bond donors (Lipinski definition) is 2. The first-order chi connectivity index (χ1) is 8.13. The zero-order valence-corrected chi connectivity index (χ0v) is 11.1. The van der Waals surface area contributed by atoms with Gasteiger partial charge in [0.05, 0.1) is 25.4 Å². The van der Waals surface area contributed by atoms with E-state index in [1.54, 1.807) is 0 Å². The second kappa shape index (κ2) is 5.16. The third kappa shape index (κ3) is 2.51. The quantitative estimate of drug-likeness (QED) is 0.823. The van der Waals surface area contributed by atoms with Gasteiger partial charge in [-0.25, -0.2) is 9.97 Å². The van der Waals surface area contributed by atoms with Crippen molar-refractivity contribution in [3.63, 3.8) is 0 Å². The molecule has 0 aromatic carbocycles. The SMILES string of the molecule is CC1COC(CO)CN1c1ncnc(N)c1Br. The van der Waals surface area contributed by atoms with Crippen molar-refractivity contribution >= 4 is 27.6 Å². The summed E-state index contributed by atoms with van der Waals surface area (Å²) in [6.07, 6.45) is 1.25. The van der Waals surface area contributed by atoms with Crippen molar-refractivity contribution in [2.75, 3.05) is 30.4 Å². The highest BCUT2D eigenvalue weighted by molar-refractivity contribution is 9.10. The van der Waals surface area contributed by atoms with E-state index in [2.05, 4.69) is 30.8 Å². The van der Waals surface area contributed by atoms with E-state index >= 15 is 0 Å². The number of nitrogen functional groups attached to an aromatic ring is 1. The van der Waals surface area contributed by atoms with Gasteiger partial charge in [0.25, 0.3) is 0 Å². The van der Waals surface area contributed by atoms with Gasteiger partial charge in [-0.2, -0.15) is 0 Å². The number of nitrogens with zero attached hydrogens (tertiary/aromatic N) is 3. The number of hydrogen-bond acceptors (Lipinski definition) is 6. The lowest BCUT2D eigenvalue weighted by atomic mass is 10.2. The molecule has 0 bridgehead atoms. The minimum absolute atomic E-state index is 0.00139. The number of ether oxygens (including phenoxy) is 1. The highest BCUT2D eigenvalue weighted by Crippen LogP contribution is 2.30. The van der Waals surface area contributed by atoms with Crippen LogP contribution in [0.4, 0.5) is 11.6 Å². The van der Waals surface area contributed by atoms with Crippen molar-refractivity contribution in [1.82, 2.24) is 9.97 Å². The molecule has 1 aliphatic heterocycles. The molecule has 0 aliphatic carbocycles. The van der Waals surface area contributed by atoms with E-state index in [1.807, 2.05) is 6.92 Å². The Kier molecular flexibility index (Phi) is 3.80. The average molecular weight is 303 g/mol. The van der Waals surface area contributed by atoms with Crippen LogP contribution in [0.1, 0.15) is 6.92 Å². The van der Waals surface area contributed by atoms with E-state index < -0.39 is 0 Å². The molecule has 2 heterocycles. The zero-order chi connectivity index (χ0) is 12.4. The van der Waals surface area contributed by atoms with Gasteiger partial charge in [-0.1, -0.05) is 0 Å². The van der Waals surface area contributed by atoms with Crippen LogP contribution in [-0.2, 0) is 4.74 Å². The van der Waals surface area contributed by atoms with Crippen LogP contribution in [-0.4, -0.2) is 47.0 Å². The van der Waals surface area contributed by atoms with Crippen molar-refractivity contribution < 1.29 is 9.84 Å². The lowest BCUT2D eigenvalue weighted by Crippen LogP contribution is -2.50. The standard InChI is InChI=1S/C10H15BrN4O2/c1-6-4-17-7(3-16)2-15(6)10-8(11)9(12)13-5-14-10/h5-7,16H,2-4H2,1H3,(H2,12,13,14). The first-order valence-electron chi connectivity index (χ1n) is 5.38. The number of aliphatic hydroxyl groups is 1. The molecule has 2 rings (SSSR count). The second-order valence-corrected chi connectivity index (χ2v) is 4.83. The van der Waals surface area contributed by atoms with Crippen molar-refractivity contribution in [1.29, 1.82) is 0 Å². The molecule has 2 atom stereocenters. The molecule has 3 N–H and O–H groups in total. The van der Waals surface area contributed by atoms with Crippen LogP contribution in [0.15, 0.2) is 10.8 Å². The normalized spacial score (nSPS) is 25.0. The summed E-state index contributed by atoms with van der Waals surface area (Å²) in [6, 6.07) is 0.184. The topological polar surface area (TPSA) is 84.5 Å². The number of aliphatic hydroxyl groups excluding tert-OH is 1. The highest BCUT2D eigenvalue weighted by Gasteiger charge is 2.28. The summed E-state index contributed by atoms with van der Waals surface area (Å²) in [5.74, 6) is 1.15. The number of morpholine rings is 1. The number of aromatic nitrogens is 2. The lowest BCUT2D eigenvalue weighted by Gasteiger charge is -2.38. The fourth-order valence-electron chi connectivity index (χ4n) is 1.80. The van der Waals surface area contributed by atoms with Crippen LogP contribution in [0.3, 0.4) is 0 Å². The zero-order valence-electron chi connectivity index (χ0n) is 9.51. The smallest absolute Gasteiger partial charge is 0.148 e. The van der Waals surface area contributed by atoms with Crippen LogP contribution in [0.2, 0.25) is 0 Å². The van der Waals surface area contributed by atoms with Gasteiger partial charge in [-0.3, -0.25) is 0 Å². The van der Waals surface area contributed by atoms with Gasteiger partial charge < -0.3 is 20.5 Å². The van der Waals surface area contributed by atoms with Crippen LogP contribution < -0.4 is 10.6 Å². The number of anilines is 2. The Bertz CT molecular complexity index is 404. The third-order valence-electron chi connectivity index (χ3n) is 2.78. The van der Waals surface area contributed by atoms with E-state index in [-0.39, 0.29) is 18.8 Å². The minimum Gasteiger partial charge on any atom is -0.394 e. The summed E-state index contributed by atoms with van der Waals surface area (Å²) in [5.41, 5.74) is 5.73. The molecule has 6 nitrogen and oxygen atoms in total. The van der Waals surface area contributed by atoms with Gasteiger partial charge in [0, 0.05) is 6.54 Å². The summed E-state index contributed by atoms with van der Waals surface area (Å²) in [5, 5.41) is 9.15. The number of nitrogens with two attached hydrogens (primary N) is 1. The average Bonchev–Trinajstić information content (AvgIpc) is 2.34. The van der Waals surface area contributed by atoms with Gasteiger partial charge in [0.1, 0.15) is 22.4 Å². The van der Waals surface area contributed by atoms with E-state index in [4.69, 9.17) is 15.6 Å². The monoisotopic (exact) mass is 302 g/mol. The van der Waals surface area contributed by atoms with Crippen molar-refractivity contribution in [2.45, 2.75) is 19.1 Å². The summed E-state index contributed by atoms with van der Waals surface area (Å²) >= 11 is 3.39. The predicted octanol–water partition coefficient (Wildman–Crippen LogP) is 0.407. The Hall–Kier alpha value is -0.920. The fourth-order valence-corrected chi connectivity index (χ4v) is 2.23. The number of halogens is 1. The maximum Gasteiger partial charge on any atom is 0.148 e. The Balaban J connectivity index is 2.27. The summed E-state index contributed by atoms with van der Waals surface area (Å²) in [6.45, 7) is 3.19. The van der Waals surface area contributed by atoms with Gasteiger partial charge >= 0.3 is 0 Å². The molecule has 94 valence electrons. The molecule has 7 heteroatoms. The van der Waals surface area contributed by atoms with Gasteiger partial charge in [-0.15, -0.1) is 0 Å². The molecule has 0 saturated carbocycles. The molecular formula is C10H15BrN4O2. The fraction of sp³-hybridized carbons (Fsp3) is 0.600. The van der Waals surface area contributed by atoms with E-state index in [1.165, 1.54) is 6.33 Å². The third-order valence-corrected chi connectivity index (χ3v) is 3.54. The first-order valence-corrected chi connectivity index (χ1v) is 6.18. The molecule has 2 unspecified atom stereocenters. The summed E-state index contributed by atoms with van der Waals surface area (Å²) in [4.78, 5) is 10.2. The van der Waals surface area contributed by atoms with Crippen LogP contribution in [0.5, 0.6) is 0 Å². The predicted molar refractivity (Wildman–Crippen MR) is 67.8 cm³/mol. The highest BCUT2D eigenvalue weighted by atomic mass is 79.9. The van der Waals surface area contributed by atoms with Crippen LogP contribution in [0.25, 0.3) is 0 Å². The molecular weight excluding hydrogens is 288 g/mol. The molecule has 0 spiro atoms. The molecule has 17 heavy (non-hydrogen) atoms. The molecule has 1 aromatic heterocycles. The summed E-state index contributed by atoms with van der Waals surface area (Å²) < 4.78 is 6.17. The maximum atomic E-state index is 9.15.